The lowest BCUT2D eigenvalue weighted by Crippen LogP contribution is -2.29. The first-order chi connectivity index (χ1) is 25.0. The van der Waals surface area contributed by atoms with Gasteiger partial charge in [0, 0.05) is 12.8 Å². The lowest BCUT2D eigenvalue weighted by Gasteiger charge is -2.20. The van der Waals surface area contributed by atoms with Crippen molar-refractivity contribution in [3.8, 4) is 0 Å². The van der Waals surface area contributed by atoms with Gasteiger partial charge in [-0.05, 0) is 38.0 Å². The van der Waals surface area contributed by atoms with Crippen molar-refractivity contribution < 1.29 is 52.9 Å². The molecule has 0 spiro atoms. The van der Waals surface area contributed by atoms with Gasteiger partial charge in [0.05, 0.1) is 25.9 Å². The maximum Gasteiger partial charge on any atom is 0.472 e. The SMILES string of the molecule is CC/C=C/C/C=C/C=C/C(O)CCCCCCCC(=O)O[C@H](COC(=O)CCCCCCCCCCCCC(C)C)COP(=O)(O)OC[C@@H](O)CO. The normalized spacial score (nSPS) is 15.1. The number of aliphatic hydroxyl groups is 3. The fraction of sp³-hybridized carbons (Fsp3) is 0.800. The molecule has 304 valence electrons. The van der Waals surface area contributed by atoms with Crippen molar-refractivity contribution in [3.63, 3.8) is 0 Å². The van der Waals surface area contributed by atoms with E-state index in [1.54, 1.807) is 6.08 Å². The van der Waals surface area contributed by atoms with Crippen molar-refractivity contribution in [2.45, 2.75) is 174 Å². The minimum absolute atomic E-state index is 0.115. The minimum atomic E-state index is -4.64. The molecule has 0 aliphatic heterocycles. The Morgan fingerprint density at radius 2 is 1.21 bits per heavy atom. The number of rotatable bonds is 36. The molecule has 0 aromatic carbocycles. The van der Waals surface area contributed by atoms with E-state index < -0.39 is 57.9 Å². The van der Waals surface area contributed by atoms with Crippen LogP contribution in [0.25, 0.3) is 0 Å². The van der Waals surface area contributed by atoms with Crippen LogP contribution in [0.1, 0.15) is 156 Å². The molecular weight excluding hydrogens is 687 g/mol. The van der Waals surface area contributed by atoms with Gasteiger partial charge in [0.25, 0.3) is 0 Å². The zero-order valence-electron chi connectivity index (χ0n) is 32.5. The first-order valence-corrected chi connectivity index (χ1v) is 21.4. The van der Waals surface area contributed by atoms with E-state index in [1.165, 1.54) is 44.9 Å². The highest BCUT2D eigenvalue weighted by Gasteiger charge is 2.27. The largest absolute Gasteiger partial charge is 0.472 e. The van der Waals surface area contributed by atoms with Gasteiger partial charge in [-0.2, -0.15) is 0 Å². The predicted octanol–water partition coefficient (Wildman–Crippen LogP) is 8.83. The summed E-state index contributed by atoms with van der Waals surface area (Å²) in [5.41, 5.74) is 0. The summed E-state index contributed by atoms with van der Waals surface area (Å²) < 4.78 is 32.6. The molecule has 0 aliphatic rings. The van der Waals surface area contributed by atoms with Crippen LogP contribution in [0, 0.1) is 5.92 Å². The Kier molecular flexibility index (Phi) is 33.6. The average molecular weight is 761 g/mol. The van der Waals surface area contributed by atoms with E-state index >= 15 is 0 Å². The number of carbonyl (C=O) groups is 2. The van der Waals surface area contributed by atoms with Crippen LogP contribution in [0.4, 0.5) is 0 Å². The monoisotopic (exact) mass is 760 g/mol. The van der Waals surface area contributed by atoms with E-state index in [-0.39, 0.29) is 19.4 Å². The van der Waals surface area contributed by atoms with Gasteiger partial charge < -0.3 is 29.7 Å². The van der Waals surface area contributed by atoms with E-state index in [9.17, 15) is 29.3 Å². The Morgan fingerprint density at radius 1 is 0.673 bits per heavy atom. The molecule has 0 amide bonds. The number of aliphatic hydroxyl groups excluding tert-OH is 3. The van der Waals surface area contributed by atoms with Crippen LogP contribution in [0.2, 0.25) is 0 Å². The fourth-order valence-corrected chi connectivity index (χ4v) is 6.03. The number of unbranched alkanes of at least 4 members (excludes halogenated alkanes) is 13. The van der Waals surface area contributed by atoms with Gasteiger partial charge in [0.1, 0.15) is 12.7 Å². The number of phosphoric ester groups is 1. The van der Waals surface area contributed by atoms with E-state index in [1.807, 2.05) is 18.2 Å². The third kappa shape index (κ3) is 35.2. The Bertz CT molecular complexity index is 998. The Labute approximate surface area is 314 Å². The molecule has 0 rings (SSSR count). The molecule has 11 nitrogen and oxygen atoms in total. The number of esters is 2. The van der Waals surface area contributed by atoms with E-state index in [4.69, 9.17) is 19.1 Å². The summed E-state index contributed by atoms with van der Waals surface area (Å²) in [6, 6.07) is 0. The molecule has 4 atom stereocenters. The quantitative estimate of drug-likeness (QED) is 0.0158. The maximum absolute atomic E-state index is 12.6. The van der Waals surface area contributed by atoms with Crippen LogP contribution in [0.15, 0.2) is 36.5 Å². The summed E-state index contributed by atoms with van der Waals surface area (Å²) in [5.74, 6) is -0.220. The molecule has 0 heterocycles. The summed E-state index contributed by atoms with van der Waals surface area (Å²) in [5, 5.41) is 28.4. The van der Waals surface area contributed by atoms with Crippen LogP contribution < -0.4 is 0 Å². The number of hydrogen-bond acceptors (Lipinski definition) is 10. The first-order valence-electron chi connectivity index (χ1n) is 19.9. The molecule has 0 aromatic rings. The molecule has 0 aliphatic carbocycles. The van der Waals surface area contributed by atoms with E-state index in [2.05, 4.69) is 37.4 Å². The molecule has 0 aromatic heterocycles. The van der Waals surface area contributed by atoms with Crippen molar-refractivity contribution in [3.05, 3.63) is 36.5 Å². The van der Waals surface area contributed by atoms with Crippen molar-refractivity contribution in [1.82, 2.24) is 0 Å². The van der Waals surface area contributed by atoms with Gasteiger partial charge in [-0.3, -0.25) is 18.6 Å². The summed E-state index contributed by atoms with van der Waals surface area (Å²) in [7, 11) is -4.64. The molecule has 52 heavy (non-hydrogen) atoms. The zero-order valence-corrected chi connectivity index (χ0v) is 33.4. The number of ether oxygens (including phenoxy) is 2. The molecule has 4 N–H and O–H groups in total. The third-order valence-electron chi connectivity index (χ3n) is 8.34. The van der Waals surface area contributed by atoms with Crippen LogP contribution in [0.3, 0.4) is 0 Å². The standard InChI is InChI=1S/C40H73O11P/c1-4-5-6-7-12-17-22-27-36(42)28-23-18-15-20-25-30-40(45)51-38(34-50-52(46,47)49-32-37(43)31-41)33-48-39(44)29-24-19-14-11-9-8-10-13-16-21-26-35(2)3/h5-6,12,17,22,27,35-38,41-43H,4,7-11,13-16,18-21,23-26,28-34H2,1-3H3,(H,46,47)/b6-5+,17-12+,27-22+/t36?,37-,38+/m0/s1. The molecule has 0 saturated heterocycles. The maximum atomic E-state index is 12.6. The van der Waals surface area contributed by atoms with Crippen LogP contribution >= 0.6 is 7.82 Å². The fourth-order valence-electron chi connectivity index (χ4n) is 5.24. The second kappa shape index (κ2) is 34.9. The molecule has 0 radical (unpaired) electrons. The number of hydrogen-bond donors (Lipinski definition) is 4. The van der Waals surface area contributed by atoms with Gasteiger partial charge >= 0.3 is 19.8 Å². The van der Waals surface area contributed by atoms with E-state index in [0.29, 0.717) is 19.3 Å². The van der Waals surface area contributed by atoms with Gasteiger partial charge in [0.2, 0.25) is 0 Å². The predicted molar refractivity (Wildman–Crippen MR) is 207 cm³/mol. The highest BCUT2D eigenvalue weighted by atomic mass is 31.2. The Morgan fingerprint density at radius 3 is 1.79 bits per heavy atom. The highest BCUT2D eigenvalue weighted by molar-refractivity contribution is 7.47. The first kappa shape index (κ1) is 50.1. The second-order valence-corrected chi connectivity index (χ2v) is 15.4. The second-order valence-electron chi connectivity index (χ2n) is 14.0. The molecule has 12 heteroatoms. The zero-order chi connectivity index (χ0) is 38.7. The van der Waals surface area contributed by atoms with Crippen LogP contribution in [-0.4, -0.2) is 76.9 Å². The molecule has 0 saturated carbocycles. The minimum Gasteiger partial charge on any atom is -0.462 e. The lowest BCUT2D eigenvalue weighted by molar-refractivity contribution is -0.161. The van der Waals surface area contributed by atoms with Crippen molar-refractivity contribution in [2.75, 3.05) is 26.4 Å². The van der Waals surface area contributed by atoms with Crippen LogP contribution in [-0.2, 0) is 32.7 Å². The Balaban J connectivity index is 4.44. The van der Waals surface area contributed by atoms with Gasteiger partial charge in [-0.25, -0.2) is 4.57 Å². The summed E-state index contributed by atoms with van der Waals surface area (Å²) >= 11 is 0. The number of carbonyl (C=O) groups excluding carboxylic acids is 2. The summed E-state index contributed by atoms with van der Waals surface area (Å²) in [6.45, 7) is 4.42. The molecule has 2 unspecified atom stereocenters. The lowest BCUT2D eigenvalue weighted by atomic mass is 10.0. The smallest absolute Gasteiger partial charge is 0.462 e. The van der Waals surface area contributed by atoms with Gasteiger partial charge in [-0.1, -0.05) is 147 Å². The van der Waals surface area contributed by atoms with Crippen molar-refractivity contribution in [2.24, 2.45) is 5.92 Å². The number of allylic oxidation sites excluding steroid dienone is 5. The summed E-state index contributed by atoms with van der Waals surface area (Å²) in [4.78, 5) is 34.9. The summed E-state index contributed by atoms with van der Waals surface area (Å²) in [6.07, 6.45) is 28.6. The average Bonchev–Trinajstić information content (AvgIpc) is 3.11. The molecule has 0 fully saturated rings. The molecular formula is C40H73O11P. The van der Waals surface area contributed by atoms with Gasteiger partial charge in [0.15, 0.2) is 6.10 Å². The van der Waals surface area contributed by atoms with Crippen LogP contribution in [0.5, 0.6) is 0 Å². The highest BCUT2D eigenvalue weighted by Crippen LogP contribution is 2.43. The Hall–Kier alpha value is -1.85. The van der Waals surface area contributed by atoms with E-state index in [0.717, 1.165) is 63.7 Å². The van der Waals surface area contributed by atoms with Crippen molar-refractivity contribution in [1.29, 1.82) is 0 Å². The van der Waals surface area contributed by atoms with Crippen molar-refractivity contribution >= 4 is 19.8 Å². The third-order valence-corrected chi connectivity index (χ3v) is 9.29. The molecule has 0 bridgehead atoms. The number of phosphoric acid groups is 1. The van der Waals surface area contributed by atoms with Gasteiger partial charge in [-0.15, -0.1) is 0 Å². The topological polar surface area (TPSA) is 169 Å².